The Labute approximate surface area is 184 Å². The third-order valence-corrected chi connectivity index (χ3v) is 5.72. The molecular formula is C21H20Cl2N4OS. The van der Waals surface area contributed by atoms with Gasteiger partial charge in [0.05, 0.1) is 6.04 Å². The van der Waals surface area contributed by atoms with Crippen molar-refractivity contribution in [3.63, 3.8) is 0 Å². The second-order valence-electron chi connectivity index (χ2n) is 6.36. The van der Waals surface area contributed by atoms with Crippen LogP contribution in [0.2, 0.25) is 10.0 Å². The normalized spacial score (nSPS) is 11.8. The van der Waals surface area contributed by atoms with E-state index in [9.17, 15) is 4.79 Å². The van der Waals surface area contributed by atoms with Crippen LogP contribution in [0.4, 0.5) is 0 Å². The summed E-state index contributed by atoms with van der Waals surface area (Å²) in [6.45, 7) is 6.25. The van der Waals surface area contributed by atoms with Crippen molar-refractivity contribution in [1.82, 2.24) is 20.1 Å². The number of hydrogen-bond acceptors (Lipinski definition) is 4. The first-order valence-corrected chi connectivity index (χ1v) is 10.7. The quantitative estimate of drug-likeness (QED) is 0.363. The van der Waals surface area contributed by atoms with Crippen molar-refractivity contribution in [1.29, 1.82) is 0 Å². The van der Waals surface area contributed by atoms with Gasteiger partial charge in [0.25, 0.3) is 5.91 Å². The number of nitrogens with zero attached hydrogens (tertiary/aromatic N) is 3. The fourth-order valence-corrected chi connectivity index (χ4v) is 3.86. The number of allylic oxidation sites excluding steroid dienone is 1. The van der Waals surface area contributed by atoms with E-state index < -0.39 is 0 Å². The summed E-state index contributed by atoms with van der Waals surface area (Å²) < 4.78 is 1.96. The topological polar surface area (TPSA) is 59.8 Å². The molecule has 1 aromatic heterocycles. The fraction of sp³-hybridized carbons (Fsp3) is 0.190. The molecule has 0 fully saturated rings. The predicted molar refractivity (Wildman–Crippen MR) is 119 cm³/mol. The van der Waals surface area contributed by atoms with Gasteiger partial charge in [-0.15, -0.1) is 16.8 Å². The SMILES string of the molecule is C=CCn1c(SCc2ccc(Cl)cc2)nnc1C(C)NC(=O)c1ccc(Cl)cc1. The van der Waals surface area contributed by atoms with E-state index in [4.69, 9.17) is 23.2 Å². The highest BCUT2D eigenvalue weighted by atomic mass is 35.5. The van der Waals surface area contributed by atoms with Gasteiger partial charge < -0.3 is 9.88 Å². The molecule has 3 rings (SSSR count). The predicted octanol–water partition coefficient (Wildman–Crippen LogP) is 5.55. The highest BCUT2D eigenvalue weighted by molar-refractivity contribution is 7.98. The van der Waals surface area contributed by atoms with E-state index in [0.29, 0.717) is 28.0 Å². The molecule has 0 saturated heterocycles. The molecule has 1 N–H and O–H groups in total. The van der Waals surface area contributed by atoms with Crippen LogP contribution in [-0.4, -0.2) is 20.7 Å². The zero-order chi connectivity index (χ0) is 20.8. The van der Waals surface area contributed by atoms with Gasteiger partial charge in [-0.25, -0.2) is 0 Å². The summed E-state index contributed by atoms with van der Waals surface area (Å²) in [4.78, 5) is 12.5. The number of carbonyl (C=O) groups excluding carboxylic acids is 1. The first-order valence-electron chi connectivity index (χ1n) is 8.95. The summed E-state index contributed by atoms with van der Waals surface area (Å²) in [5.74, 6) is 1.21. The average Bonchev–Trinajstić information content (AvgIpc) is 3.11. The highest BCUT2D eigenvalue weighted by Gasteiger charge is 2.20. The third kappa shape index (κ3) is 5.63. The molecule has 5 nitrogen and oxygen atoms in total. The molecule has 0 saturated carbocycles. The second kappa shape index (κ2) is 9.96. The van der Waals surface area contributed by atoms with Crippen LogP contribution in [0, 0.1) is 0 Å². The van der Waals surface area contributed by atoms with E-state index in [1.807, 2.05) is 35.8 Å². The Morgan fingerprint density at radius 2 is 1.76 bits per heavy atom. The van der Waals surface area contributed by atoms with Gasteiger partial charge in [-0.05, 0) is 48.9 Å². The summed E-state index contributed by atoms with van der Waals surface area (Å²) in [5.41, 5.74) is 1.67. The van der Waals surface area contributed by atoms with Gasteiger partial charge in [0.15, 0.2) is 11.0 Å². The van der Waals surface area contributed by atoms with Crippen LogP contribution in [0.15, 0.2) is 66.3 Å². The van der Waals surface area contributed by atoms with Crippen LogP contribution < -0.4 is 5.32 Å². The summed E-state index contributed by atoms with van der Waals surface area (Å²) in [6, 6.07) is 14.1. The van der Waals surface area contributed by atoms with Crippen molar-refractivity contribution in [3.8, 4) is 0 Å². The van der Waals surface area contributed by atoms with Gasteiger partial charge in [0.1, 0.15) is 0 Å². The monoisotopic (exact) mass is 446 g/mol. The maximum Gasteiger partial charge on any atom is 0.251 e. The lowest BCUT2D eigenvalue weighted by Gasteiger charge is -2.15. The smallest absolute Gasteiger partial charge is 0.251 e. The number of nitrogens with one attached hydrogen (secondary N) is 1. The van der Waals surface area contributed by atoms with Gasteiger partial charge >= 0.3 is 0 Å². The Morgan fingerprint density at radius 3 is 2.38 bits per heavy atom. The first kappa shape index (κ1) is 21.4. The lowest BCUT2D eigenvalue weighted by molar-refractivity contribution is 0.0937. The number of rotatable bonds is 8. The summed E-state index contributed by atoms with van der Waals surface area (Å²) in [5, 5.41) is 13.6. The number of thioether (sulfide) groups is 1. The van der Waals surface area contributed by atoms with Crippen LogP contribution in [0.3, 0.4) is 0 Å². The first-order chi connectivity index (χ1) is 14.0. The van der Waals surface area contributed by atoms with E-state index in [2.05, 4.69) is 22.1 Å². The minimum atomic E-state index is -0.324. The van der Waals surface area contributed by atoms with Gasteiger partial charge in [0, 0.05) is 27.9 Å². The van der Waals surface area contributed by atoms with Gasteiger partial charge in [-0.1, -0.05) is 53.2 Å². The molecule has 1 amide bonds. The Bertz CT molecular complexity index is 987. The Hall–Kier alpha value is -2.28. The van der Waals surface area contributed by atoms with Crippen LogP contribution in [0.25, 0.3) is 0 Å². The number of aromatic nitrogens is 3. The van der Waals surface area contributed by atoms with Crippen LogP contribution >= 0.6 is 35.0 Å². The lowest BCUT2D eigenvalue weighted by atomic mass is 10.2. The molecule has 2 aromatic carbocycles. The van der Waals surface area contributed by atoms with Crippen molar-refractivity contribution in [3.05, 3.63) is 88.2 Å². The summed E-state index contributed by atoms with van der Waals surface area (Å²) in [7, 11) is 0. The zero-order valence-corrected chi connectivity index (χ0v) is 18.1. The van der Waals surface area contributed by atoms with E-state index in [0.717, 1.165) is 16.5 Å². The molecule has 0 radical (unpaired) electrons. The molecule has 1 atom stereocenters. The van der Waals surface area contributed by atoms with Crippen molar-refractivity contribution in [2.75, 3.05) is 0 Å². The summed E-state index contributed by atoms with van der Waals surface area (Å²) in [6.07, 6.45) is 1.78. The molecular weight excluding hydrogens is 427 g/mol. The van der Waals surface area contributed by atoms with Gasteiger partial charge in [0.2, 0.25) is 0 Å². The van der Waals surface area contributed by atoms with Gasteiger partial charge in [-0.2, -0.15) is 0 Å². The summed E-state index contributed by atoms with van der Waals surface area (Å²) >= 11 is 13.4. The van der Waals surface area contributed by atoms with Crippen molar-refractivity contribution in [2.45, 2.75) is 30.4 Å². The van der Waals surface area contributed by atoms with Crippen LogP contribution in [-0.2, 0) is 12.3 Å². The number of halogens is 2. The Balaban J connectivity index is 1.72. The maximum absolute atomic E-state index is 12.5. The molecule has 0 aliphatic carbocycles. The van der Waals surface area contributed by atoms with Crippen molar-refractivity contribution >= 4 is 40.9 Å². The van der Waals surface area contributed by atoms with Crippen LogP contribution in [0.1, 0.15) is 34.7 Å². The average molecular weight is 447 g/mol. The molecule has 8 heteroatoms. The molecule has 0 bridgehead atoms. The fourth-order valence-electron chi connectivity index (χ4n) is 2.70. The molecule has 1 unspecified atom stereocenters. The Kier molecular flexibility index (Phi) is 7.36. The van der Waals surface area contributed by atoms with E-state index in [-0.39, 0.29) is 11.9 Å². The molecule has 0 spiro atoms. The minimum Gasteiger partial charge on any atom is -0.342 e. The van der Waals surface area contributed by atoms with Crippen molar-refractivity contribution in [2.24, 2.45) is 0 Å². The molecule has 29 heavy (non-hydrogen) atoms. The second-order valence-corrected chi connectivity index (χ2v) is 8.17. The molecule has 0 aliphatic rings. The molecule has 150 valence electrons. The highest BCUT2D eigenvalue weighted by Crippen LogP contribution is 2.25. The van der Waals surface area contributed by atoms with E-state index in [1.165, 1.54) is 0 Å². The van der Waals surface area contributed by atoms with E-state index in [1.54, 1.807) is 42.1 Å². The maximum atomic E-state index is 12.5. The number of benzene rings is 2. The Morgan fingerprint density at radius 1 is 1.14 bits per heavy atom. The van der Waals surface area contributed by atoms with E-state index >= 15 is 0 Å². The van der Waals surface area contributed by atoms with Crippen molar-refractivity contribution < 1.29 is 4.79 Å². The number of amides is 1. The third-order valence-electron chi connectivity index (χ3n) is 4.18. The number of hydrogen-bond donors (Lipinski definition) is 1. The number of carbonyl (C=O) groups is 1. The molecule has 1 heterocycles. The standard InChI is InChI=1S/C21H20Cl2N4OS/c1-3-12-27-19(14(2)24-20(28)16-6-10-18(23)11-7-16)25-26-21(27)29-13-15-4-8-17(22)9-5-15/h3-11,14H,1,12-13H2,2H3,(H,24,28). The van der Waals surface area contributed by atoms with Crippen LogP contribution in [0.5, 0.6) is 0 Å². The van der Waals surface area contributed by atoms with Gasteiger partial charge in [-0.3, -0.25) is 4.79 Å². The largest absolute Gasteiger partial charge is 0.342 e. The zero-order valence-electron chi connectivity index (χ0n) is 15.8. The minimum absolute atomic E-state index is 0.197. The molecule has 0 aliphatic heterocycles. The molecule has 3 aromatic rings. The lowest BCUT2D eigenvalue weighted by Crippen LogP contribution is -2.28.